The number of rotatable bonds is 0. The lowest BCUT2D eigenvalue weighted by Gasteiger charge is -2.01. The molecule has 0 unspecified atom stereocenters. The Morgan fingerprint density at radius 2 is 1.58 bits per heavy atom. The van der Waals surface area contributed by atoms with E-state index in [1.165, 1.54) is 19.9 Å². The molecule has 0 bridgehead atoms. The molecule has 2 rings (SSSR count). The lowest BCUT2D eigenvalue weighted by molar-refractivity contribution is 1.46. The topological polar surface area (TPSA) is 0 Å². The van der Waals surface area contributed by atoms with E-state index in [9.17, 15) is 0 Å². The molecule has 0 aromatic heterocycles. The Morgan fingerprint density at radius 1 is 1.00 bits per heavy atom. The average Bonchev–Trinajstić information content (AvgIpc) is 2.07. The predicted octanol–water partition coefficient (Wildman–Crippen LogP) is 3.75. The van der Waals surface area contributed by atoms with Crippen LogP contribution in [0.15, 0.2) is 36.4 Å². The van der Waals surface area contributed by atoms with Crippen LogP contribution in [0.1, 0.15) is 5.56 Å². The fraction of sp³-hybridized carbons (Fsp3) is 0.0909. The van der Waals surface area contributed by atoms with Crippen molar-refractivity contribution in [2.45, 2.75) is 6.92 Å². The summed E-state index contributed by atoms with van der Waals surface area (Å²) in [5.74, 6) is 0. The molecule has 0 atom stereocenters. The van der Waals surface area contributed by atoms with Gasteiger partial charge in [-0.15, -0.1) is 0 Å². The van der Waals surface area contributed by atoms with E-state index in [0.717, 1.165) is 0 Å². The van der Waals surface area contributed by atoms with Crippen LogP contribution < -0.4 is 0 Å². The molecule has 2 aromatic rings. The van der Waals surface area contributed by atoms with E-state index in [2.05, 4.69) is 65.9 Å². The zero-order chi connectivity index (χ0) is 8.55. The van der Waals surface area contributed by atoms with Crippen molar-refractivity contribution in [1.82, 2.24) is 0 Å². The normalized spacial score (nSPS) is 10.5. The van der Waals surface area contributed by atoms with Gasteiger partial charge in [-0.05, 0) is 51.9 Å². The maximum absolute atomic E-state index is 2.37. The molecule has 0 saturated carbocycles. The Labute approximate surface area is 85.7 Å². The second kappa shape index (κ2) is 3.05. The highest BCUT2D eigenvalue weighted by molar-refractivity contribution is 14.1. The fourth-order valence-corrected chi connectivity index (χ4v) is 1.82. The molecule has 0 radical (unpaired) electrons. The quantitative estimate of drug-likeness (QED) is 0.638. The standard InChI is InChI=1S/C11H9I/c1-8-6-9-4-2-3-5-10(9)7-11(8)12/h2-7H,1H3. The summed E-state index contributed by atoms with van der Waals surface area (Å²) in [5, 5.41) is 2.66. The van der Waals surface area contributed by atoms with E-state index < -0.39 is 0 Å². The molecule has 0 fully saturated rings. The van der Waals surface area contributed by atoms with Crippen LogP contribution in [0.25, 0.3) is 10.8 Å². The van der Waals surface area contributed by atoms with Crippen molar-refractivity contribution in [3.63, 3.8) is 0 Å². The third-order valence-corrected chi connectivity index (χ3v) is 3.19. The molecule has 0 nitrogen and oxygen atoms in total. The van der Waals surface area contributed by atoms with E-state index in [0.29, 0.717) is 0 Å². The van der Waals surface area contributed by atoms with Crippen molar-refractivity contribution in [2.75, 3.05) is 0 Å². The highest BCUT2D eigenvalue weighted by Gasteiger charge is 1.96. The minimum absolute atomic E-state index is 1.33. The Morgan fingerprint density at radius 3 is 2.25 bits per heavy atom. The molecule has 0 heterocycles. The first-order chi connectivity index (χ1) is 5.77. The molecule has 60 valence electrons. The van der Waals surface area contributed by atoms with E-state index in [1.54, 1.807) is 0 Å². The van der Waals surface area contributed by atoms with Crippen LogP contribution in [0.5, 0.6) is 0 Å². The fourth-order valence-electron chi connectivity index (χ4n) is 1.33. The molecule has 0 aliphatic carbocycles. The van der Waals surface area contributed by atoms with Gasteiger partial charge in [0.1, 0.15) is 0 Å². The average molecular weight is 268 g/mol. The lowest BCUT2D eigenvalue weighted by atomic mass is 10.1. The van der Waals surface area contributed by atoms with Crippen molar-refractivity contribution in [2.24, 2.45) is 0 Å². The third kappa shape index (κ3) is 1.33. The summed E-state index contributed by atoms with van der Waals surface area (Å²) in [7, 11) is 0. The van der Waals surface area contributed by atoms with Crippen molar-refractivity contribution in [3.8, 4) is 0 Å². The number of benzene rings is 2. The summed E-state index contributed by atoms with van der Waals surface area (Å²) < 4.78 is 1.34. The zero-order valence-electron chi connectivity index (χ0n) is 6.84. The summed E-state index contributed by atoms with van der Waals surface area (Å²) >= 11 is 2.37. The molecule has 0 saturated heterocycles. The minimum Gasteiger partial charge on any atom is -0.0616 e. The molecule has 12 heavy (non-hydrogen) atoms. The Kier molecular flexibility index (Phi) is 2.05. The number of aryl methyl sites for hydroxylation is 1. The second-order valence-electron chi connectivity index (χ2n) is 2.95. The van der Waals surface area contributed by atoms with Crippen LogP contribution in [0.4, 0.5) is 0 Å². The van der Waals surface area contributed by atoms with E-state index in [1.807, 2.05) is 0 Å². The van der Waals surface area contributed by atoms with Gasteiger partial charge in [0.2, 0.25) is 0 Å². The van der Waals surface area contributed by atoms with Crippen molar-refractivity contribution in [1.29, 1.82) is 0 Å². The van der Waals surface area contributed by atoms with Gasteiger partial charge in [0.25, 0.3) is 0 Å². The van der Waals surface area contributed by atoms with Crippen LogP contribution in [-0.2, 0) is 0 Å². The van der Waals surface area contributed by atoms with Crippen molar-refractivity contribution < 1.29 is 0 Å². The van der Waals surface area contributed by atoms with Crippen LogP contribution in [0, 0.1) is 10.5 Å². The Balaban J connectivity index is 2.84. The first-order valence-corrected chi connectivity index (χ1v) is 5.00. The monoisotopic (exact) mass is 268 g/mol. The van der Waals surface area contributed by atoms with Crippen LogP contribution in [0.3, 0.4) is 0 Å². The van der Waals surface area contributed by atoms with Crippen LogP contribution >= 0.6 is 22.6 Å². The summed E-state index contributed by atoms with van der Waals surface area (Å²) in [6.45, 7) is 2.15. The smallest absolute Gasteiger partial charge is 0.0165 e. The summed E-state index contributed by atoms with van der Waals surface area (Å²) in [4.78, 5) is 0. The zero-order valence-corrected chi connectivity index (χ0v) is 9.00. The van der Waals surface area contributed by atoms with Gasteiger partial charge in [-0.2, -0.15) is 0 Å². The van der Waals surface area contributed by atoms with Gasteiger partial charge >= 0.3 is 0 Å². The third-order valence-electron chi connectivity index (χ3n) is 2.03. The van der Waals surface area contributed by atoms with Gasteiger partial charge in [-0.25, -0.2) is 0 Å². The molecule has 1 heteroatoms. The van der Waals surface area contributed by atoms with Crippen molar-refractivity contribution in [3.05, 3.63) is 45.5 Å². The first kappa shape index (κ1) is 8.05. The highest BCUT2D eigenvalue weighted by Crippen LogP contribution is 2.20. The minimum atomic E-state index is 1.33. The summed E-state index contributed by atoms with van der Waals surface area (Å²) in [6.07, 6.45) is 0. The van der Waals surface area contributed by atoms with Gasteiger partial charge in [0.05, 0.1) is 0 Å². The van der Waals surface area contributed by atoms with Gasteiger partial charge in [0, 0.05) is 3.57 Å². The van der Waals surface area contributed by atoms with Crippen LogP contribution in [0.2, 0.25) is 0 Å². The summed E-state index contributed by atoms with van der Waals surface area (Å²) in [5.41, 5.74) is 1.36. The van der Waals surface area contributed by atoms with Crippen LogP contribution in [-0.4, -0.2) is 0 Å². The lowest BCUT2D eigenvalue weighted by Crippen LogP contribution is -1.80. The number of hydrogen-bond donors (Lipinski definition) is 0. The van der Waals surface area contributed by atoms with Gasteiger partial charge in [0.15, 0.2) is 0 Å². The van der Waals surface area contributed by atoms with Gasteiger partial charge in [-0.1, -0.05) is 30.3 Å². The molecule has 0 aliphatic heterocycles. The SMILES string of the molecule is Cc1cc2ccccc2cc1I. The number of halogens is 1. The summed E-state index contributed by atoms with van der Waals surface area (Å²) in [6, 6.07) is 12.9. The maximum atomic E-state index is 2.37. The van der Waals surface area contributed by atoms with Crippen molar-refractivity contribution >= 4 is 33.4 Å². The Bertz CT molecular complexity index is 378. The molecule has 0 N–H and O–H groups in total. The highest BCUT2D eigenvalue weighted by atomic mass is 127. The molecule has 2 aromatic carbocycles. The largest absolute Gasteiger partial charge is 0.0616 e. The maximum Gasteiger partial charge on any atom is 0.0165 e. The molecule has 0 spiro atoms. The molecular weight excluding hydrogens is 259 g/mol. The number of hydrogen-bond acceptors (Lipinski definition) is 0. The molecular formula is C11H9I. The van der Waals surface area contributed by atoms with Gasteiger partial charge < -0.3 is 0 Å². The predicted molar refractivity (Wildman–Crippen MR) is 61.4 cm³/mol. The number of fused-ring (bicyclic) bond motifs is 1. The van der Waals surface area contributed by atoms with Gasteiger partial charge in [-0.3, -0.25) is 0 Å². The second-order valence-corrected chi connectivity index (χ2v) is 4.11. The molecule has 0 aliphatic rings. The Hall–Kier alpha value is -0.570. The first-order valence-electron chi connectivity index (χ1n) is 3.92. The van der Waals surface area contributed by atoms with E-state index >= 15 is 0 Å². The molecule has 0 amide bonds. The van der Waals surface area contributed by atoms with E-state index in [4.69, 9.17) is 0 Å². The van der Waals surface area contributed by atoms with E-state index in [-0.39, 0.29) is 0 Å².